The number of hydrogen-bond donors (Lipinski definition) is 0. The highest BCUT2D eigenvalue weighted by Crippen LogP contribution is 2.12. The lowest BCUT2D eigenvalue weighted by atomic mass is 10.8. The van der Waals surface area contributed by atoms with Gasteiger partial charge in [0.2, 0.25) is 0 Å². The van der Waals surface area contributed by atoms with Gasteiger partial charge in [0.05, 0.1) is 0 Å². The summed E-state index contributed by atoms with van der Waals surface area (Å²) in [5.74, 6) is 0. The van der Waals surface area contributed by atoms with Crippen LogP contribution in [0.3, 0.4) is 0 Å². The van der Waals surface area contributed by atoms with Crippen molar-refractivity contribution in [2.45, 2.75) is 25.7 Å². The maximum Gasteiger partial charge on any atom is 0.0455 e. The summed E-state index contributed by atoms with van der Waals surface area (Å²) in [6.07, 6.45) is 0. The van der Waals surface area contributed by atoms with Crippen molar-refractivity contribution < 1.29 is 0 Å². The van der Waals surface area contributed by atoms with Gasteiger partial charge in [0.1, 0.15) is 0 Å². The van der Waals surface area contributed by atoms with Gasteiger partial charge in [-0.1, -0.05) is 19.6 Å². The van der Waals surface area contributed by atoms with E-state index < -0.39 is 8.07 Å². The van der Waals surface area contributed by atoms with Crippen molar-refractivity contribution >= 4 is 8.07 Å². The van der Waals surface area contributed by atoms with Crippen LogP contribution in [-0.2, 0) is 0 Å². The van der Waals surface area contributed by atoms with E-state index in [9.17, 15) is 0 Å². The van der Waals surface area contributed by atoms with E-state index >= 15 is 0 Å². The molecule has 1 nitrogen and oxygen atoms in total. The predicted molar refractivity (Wildman–Crippen MR) is 44.6 cm³/mol. The van der Waals surface area contributed by atoms with E-state index in [2.05, 4.69) is 24.5 Å². The molecule has 1 rings (SSSR count). The average molecular weight is 143 g/mol. The standard InChI is InChI=1S/C7H17NSi/c1-9(2,3)7-6-8-4-5-8/h4-7H2,1-3H3. The molecule has 9 heavy (non-hydrogen) atoms. The van der Waals surface area contributed by atoms with Crippen LogP contribution < -0.4 is 0 Å². The fourth-order valence-corrected chi connectivity index (χ4v) is 1.77. The molecule has 0 aromatic heterocycles. The third kappa shape index (κ3) is 3.70. The molecular weight excluding hydrogens is 126 g/mol. The van der Waals surface area contributed by atoms with Crippen LogP contribution in [0.1, 0.15) is 0 Å². The molecule has 0 atom stereocenters. The molecule has 1 saturated heterocycles. The summed E-state index contributed by atoms with van der Waals surface area (Å²) in [5, 5.41) is 0. The quantitative estimate of drug-likeness (QED) is 0.429. The van der Waals surface area contributed by atoms with Crippen LogP contribution in [-0.4, -0.2) is 32.6 Å². The van der Waals surface area contributed by atoms with E-state index in [-0.39, 0.29) is 0 Å². The maximum absolute atomic E-state index is 2.51. The summed E-state index contributed by atoms with van der Waals surface area (Å²) in [6.45, 7) is 11.4. The lowest BCUT2D eigenvalue weighted by Gasteiger charge is -2.14. The minimum Gasteiger partial charge on any atom is -0.301 e. The zero-order chi connectivity index (χ0) is 6.91. The fourth-order valence-electron chi connectivity index (χ4n) is 0.788. The van der Waals surface area contributed by atoms with E-state index in [4.69, 9.17) is 0 Å². The highest BCUT2D eigenvalue weighted by atomic mass is 28.3. The van der Waals surface area contributed by atoms with E-state index in [1.165, 1.54) is 25.7 Å². The second-order valence-electron chi connectivity index (χ2n) is 4.15. The van der Waals surface area contributed by atoms with Gasteiger partial charge in [-0.25, -0.2) is 0 Å². The smallest absolute Gasteiger partial charge is 0.0455 e. The van der Waals surface area contributed by atoms with Crippen molar-refractivity contribution in [3.8, 4) is 0 Å². The summed E-state index contributed by atoms with van der Waals surface area (Å²) in [5.41, 5.74) is 0. The van der Waals surface area contributed by atoms with Gasteiger partial charge in [0.25, 0.3) is 0 Å². The van der Waals surface area contributed by atoms with Gasteiger partial charge in [-0.3, -0.25) is 0 Å². The number of rotatable bonds is 3. The Labute approximate surface area is 59.1 Å². The lowest BCUT2D eigenvalue weighted by molar-refractivity contribution is 0.590. The van der Waals surface area contributed by atoms with Gasteiger partial charge >= 0.3 is 0 Å². The second-order valence-corrected chi connectivity index (χ2v) is 9.77. The minimum atomic E-state index is -0.722. The molecule has 0 bridgehead atoms. The highest BCUT2D eigenvalue weighted by molar-refractivity contribution is 6.76. The van der Waals surface area contributed by atoms with Gasteiger partial charge in [0.15, 0.2) is 0 Å². The molecule has 0 radical (unpaired) electrons. The largest absolute Gasteiger partial charge is 0.301 e. The Morgan fingerprint density at radius 3 is 2.11 bits per heavy atom. The number of hydrogen-bond acceptors (Lipinski definition) is 1. The van der Waals surface area contributed by atoms with Crippen LogP contribution in [0.15, 0.2) is 0 Å². The molecule has 1 aliphatic heterocycles. The Kier molecular flexibility index (Phi) is 1.96. The van der Waals surface area contributed by atoms with Crippen molar-refractivity contribution in [1.29, 1.82) is 0 Å². The molecule has 0 saturated carbocycles. The molecule has 0 aromatic rings. The summed E-state index contributed by atoms with van der Waals surface area (Å²) in [6, 6.07) is 1.48. The molecule has 0 spiro atoms. The molecule has 1 aliphatic rings. The fraction of sp³-hybridized carbons (Fsp3) is 1.00. The molecule has 0 unspecified atom stereocenters. The first kappa shape index (κ1) is 7.29. The van der Waals surface area contributed by atoms with Gasteiger partial charge in [0, 0.05) is 21.2 Å². The van der Waals surface area contributed by atoms with Crippen molar-refractivity contribution in [3.63, 3.8) is 0 Å². The van der Waals surface area contributed by atoms with Gasteiger partial charge < -0.3 is 4.90 Å². The third-order valence-corrected chi connectivity index (χ3v) is 3.44. The van der Waals surface area contributed by atoms with E-state index in [1.54, 1.807) is 0 Å². The van der Waals surface area contributed by atoms with Crippen LogP contribution in [0.2, 0.25) is 25.7 Å². The van der Waals surface area contributed by atoms with E-state index in [0.29, 0.717) is 0 Å². The molecule has 2 heteroatoms. The monoisotopic (exact) mass is 143 g/mol. The predicted octanol–water partition coefficient (Wildman–Crippen LogP) is 1.64. The Bertz CT molecular complexity index is 91.6. The van der Waals surface area contributed by atoms with Gasteiger partial charge in [-0.15, -0.1) is 0 Å². The Morgan fingerprint density at radius 1 is 1.22 bits per heavy atom. The van der Waals surface area contributed by atoms with Crippen LogP contribution in [0.4, 0.5) is 0 Å². The van der Waals surface area contributed by atoms with Crippen LogP contribution >= 0.6 is 0 Å². The first-order valence-corrected chi connectivity index (χ1v) is 7.51. The lowest BCUT2D eigenvalue weighted by Crippen LogP contribution is -2.23. The first-order valence-electron chi connectivity index (χ1n) is 3.80. The Morgan fingerprint density at radius 2 is 1.78 bits per heavy atom. The van der Waals surface area contributed by atoms with Crippen molar-refractivity contribution in [2.24, 2.45) is 0 Å². The molecule has 0 aromatic carbocycles. The maximum atomic E-state index is 2.51. The molecular formula is C7H17NSi. The SMILES string of the molecule is C[Si](C)(C)CCN1CC1. The van der Waals surface area contributed by atoms with Gasteiger partial charge in [-0.05, 0) is 12.6 Å². The molecule has 1 fully saturated rings. The van der Waals surface area contributed by atoms with E-state index in [1.807, 2.05) is 0 Å². The average Bonchev–Trinajstić information content (AvgIpc) is 2.38. The summed E-state index contributed by atoms with van der Waals surface area (Å²) in [4.78, 5) is 2.51. The van der Waals surface area contributed by atoms with Crippen molar-refractivity contribution in [1.82, 2.24) is 4.90 Å². The Balaban J connectivity index is 2.03. The molecule has 0 N–H and O–H groups in total. The van der Waals surface area contributed by atoms with Gasteiger partial charge in [-0.2, -0.15) is 0 Å². The molecule has 54 valence electrons. The zero-order valence-electron chi connectivity index (χ0n) is 6.78. The molecule has 0 aliphatic carbocycles. The van der Waals surface area contributed by atoms with Crippen molar-refractivity contribution in [3.05, 3.63) is 0 Å². The third-order valence-electron chi connectivity index (χ3n) is 1.72. The van der Waals surface area contributed by atoms with Crippen LogP contribution in [0.5, 0.6) is 0 Å². The first-order chi connectivity index (χ1) is 4.08. The van der Waals surface area contributed by atoms with Crippen molar-refractivity contribution in [2.75, 3.05) is 19.6 Å². The van der Waals surface area contributed by atoms with Crippen LogP contribution in [0, 0.1) is 0 Å². The second kappa shape index (κ2) is 2.43. The summed E-state index contributed by atoms with van der Waals surface area (Å²) < 4.78 is 0. The molecule has 1 heterocycles. The molecule has 0 amide bonds. The normalized spacial score (nSPS) is 20.3. The Hall–Kier alpha value is 0.177. The number of nitrogens with zero attached hydrogens (tertiary/aromatic N) is 1. The zero-order valence-corrected chi connectivity index (χ0v) is 7.78. The minimum absolute atomic E-state index is 0.722. The summed E-state index contributed by atoms with van der Waals surface area (Å²) >= 11 is 0. The topological polar surface area (TPSA) is 3.01 Å². The van der Waals surface area contributed by atoms with E-state index in [0.717, 1.165) is 0 Å². The summed E-state index contributed by atoms with van der Waals surface area (Å²) in [7, 11) is -0.722. The highest BCUT2D eigenvalue weighted by Gasteiger charge is 2.20. The van der Waals surface area contributed by atoms with Crippen LogP contribution in [0.25, 0.3) is 0 Å².